The second-order valence-electron chi connectivity index (χ2n) is 33.1. The number of fused-ring (bicyclic) bond motifs is 12. The zero-order chi connectivity index (χ0) is 83.7. The quantitative estimate of drug-likeness (QED) is 0.101. The Hall–Kier alpha value is -16.4. The fourth-order valence-electron chi connectivity index (χ4n) is 19.9. The third-order valence-electron chi connectivity index (χ3n) is 25.7. The van der Waals surface area contributed by atoms with Gasteiger partial charge >= 0.3 is 0 Å². The van der Waals surface area contributed by atoms with Crippen LogP contribution in [0.25, 0.3) is 186 Å². The van der Waals surface area contributed by atoms with Crippen molar-refractivity contribution >= 4 is 142 Å². The van der Waals surface area contributed by atoms with E-state index in [9.17, 15) is 0 Å². The molecule has 0 unspecified atom stereocenters. The lowest BCUT2D eigenvalue weighted by Gasteiger charge is -2.26. The molecule has 0 aliphatic rings. The lowest BCUT2D eigenvalue weighted by atomic mass is 9.84. The molecule has 4 heteroatoms. The van der Waals surface area contributed by atoms with E-state index in [-0.39, 0.29) is 0 Å². The van der Waals surface area contributed by atoms with Gasteiger partial charge in [-0.3, -0.25) is 0 Å². The van der Waals surface area contributed by atoms with Gasteiger partial charge in [-0.25, -0.2) is 0 Å². The van der Waals surface area contributed by atoms with Crippen LogP contribution in [0.5, 0.6) is 0 Å². The fourth-order valence-corrected chi connectivity index (χ4v) is 19.9. The smallest absolute Gasteiger partial charge is 0.0541 e. The Morgan fingerprint density at radius 3 is 0.762 bits per heavy atom. The van der Waals surface area contributed by atoms with Gasteiger partial charge in [-0.1, -0.05) is 363 Å². The molecule has 0 atom stereocenters. The Morgan fingerprint density at radius 1 is 0.159 bits per heavy atom. The predicted molar refractivity (Wildman–Crippen MR) is 538 cm³/mol. The Kier molecular flexibility index (Phi) is 18.7. The highest BCUT2D eigenvalue weighted by Gasteiger charge is 2.24. The van der Waals surface area contributed by atoms with Crippen LogP contribution in [0, 0.1) is 13.8 Å². The van der Waals surface area contributed by atoms with Crippen molar-refractivity contribution in [1.82, 2.24) is 9.13 Å². The van der Waals surface area contributed by atoms with Gasteiger partial charge in [-0.05, 0) is 267 Å². The van der Waals surface area contributed by atoms with Crippen LogP contribution in [0.3, 0.4) is 0 Å². The van der Waals surface area contributed by atoms with Crippen LogP contribution in [-0.2, 0) is 0 Å². The van der Waals surface area contributed by atoms with Gasteiger partial charge in [0.2, 0.25) is 0 Å². The summed E-state index contributed by atoms with van der Waals surface area (Å²) in [6.45, 7) is 4.40. The Balaban J connectivity index is 0.000000145. The van der Waals surface area contributed by atoms with Crippen LogP contribution >= 0.6 is 0 Å². The molecule has 0 saturated carbocycles. The van der Waals surface area contributed by atoms with E-state index >= 15 is 0 Å². The number of hydrogen-bond donors (Lipinski definition) is 0. The van der Waals surface area contributed by atoms with Crippen molar-refractivity contribution in [3.05, 3.63) is 484 Å². The molecule has 24 rings (SSSR count). The van der Waals surface area contributed by atoms with Crippen LogP contribution in [0.4, 0.5) is 34.1 Å². The maximum absolute atomic E-state index is 2.37. The van der Waals surface area contributed by atoms with Gasteiger partial charge in [0.1, 0.15) is 0 Å². The van der Waals surface area contributed by atoms with Crippen molar-refractivity contribution in [2.75, 3.05) is 9.80 Å². The fraction of sp³-hybridized carbons (Fsp3) is 0.0164. The molecule has 0 spiro atoms. The SMILES string of the molecule is Cc1ccc2c(-c3ccc(-c4ccc(N(c5ccccc5)c5ccc(-n6c7ccccc7c7ccccc76)cc5)cc4)cc3)c3ccccc3c(-c3cccc4ccccc34)c2c1.Cc1ccc2c(-c3cccc4ccccc34)c3ccccc3c(-c3ccc(-c4ccc(N(c5ccccc5)c5ccc(-n6c7ccccc7c7ccccc76)cc5)cc4)cc3)c2c1. The molecule has 0 saturated heterocycles. The van der Waals surface area contributed by atoms with E-state index in [2.05, 4.69) is 506 Å². The van der Waals surface area contributed by atoms with Crippen molar-refractivity contribution in [3.8, 4) is 78.1 Å². The molecular formula is C122H84N4. The highest BCUT2D eigenvalue weighted by atomic mass is 15.1. The van der Waals surface area contributed by atoms with Gasteiger partial charge < -0.3 is 18.9 Å². The van der Waals surface area contributed by atoms with E-state index in [0.29, 0.717) is 0 Å². The second-order valence-corrected chi connectivity index (χ2v) is 33.1. The highest BCUT2D eigenvalue weighted by Crippen LogP contribution is 2.50. The summed E-state index contributed by atoms with van der Waals surface area (Å²) in [5.74, 6) is 0. The van der Waals surface area contributed by atoms with Gasteiger partial charge in [0.15, 0.2) is 0 Å². The summed E-state index contributed by atoms with van der Waals surface area (Å²) in [6, 6.07) is 173. The normalized spacial score (nSPS) is 11.6. The van der Waals surface area contributed by atoms with E-state index in [4.69, 9.17) is 0 Å². The first-order valence-corrected chi connectivity index (χ1v) is 43.5. The number of nitrogens with zero attached hydrogens (tertiary/aromatic N) is 4. The summed E-state index contributed by atoms with van der Waals surface area (Å²) in [5, 5.41) is 20.3. The molecule has 0 amide bonds. The largest absolute Gasteiger partial charge is 0.311 e. The molecule has 0 bridgehead atoms. The van der Waals surface area contributed by atoms with Gasteiger partial charge in [0.05, 0.1) is 22.1 Å². The second kappa shape index (κ2) is 31.6. The van der Waals surface area contributed by atoms with E-state index < -0.39 is 0 Å². The van der Waals surface area contributed by atoms with Crippen LogP contribution in [0.15, 0.2) is 473 Å². The first kappa shape index (κ1) is 74.6. The lowest BCUT2D eigenvalue weighted by Crippen LogP contribution is -2.10. The first-order valence-electron chi connectivity index (χ1n) is 43.5. The topological polar surface area (TPSA) is 16.3 Å². The molecule has 592 valence electrons. The van der Waals surface area contributed by atoms with Crippen molar-refractivity contribution in [1.29, 1.82) is 0 Å². The molecular weight excluding hydrogens is 1520 g/mol. The number of para-hydroxylation sites is 6. The standard InChI is InChI=1S/2C61H42N2/c1-41-26-39-56-57(40-41)60(54-21-7-8-22-55(54)61(56)53-23-13-15-44-14-5-6-18-50(44)53)45-29-27-42(28-30-45)43-31-33-47(34-32-43)62(46-16-3-2-4-17-46)48-35-37-49(38-36-48)63-58-24-11-9-19-51(58)52-20-10-12-25-59(52)63;1-41-26-39-56-57(40-41)61(53-23-13-15-44-14-5-6-18-50(44)53)55-22-8-7-21-54(55)60(56)45-29-27-42(28-30-45)43-31-33-47(34-32-43)62(46-16-3-2-4-17-46)48-35-37-49(38-36-48)63-58-24-11-9-19-51(58)52-20-10-12-25-59(52)63/h2*2-40H,1H3. The number of rotatable bonds is 14. The Bertz CT molecular complexity index is 8180. The predicted octanol–water partition coefficient (Wildman–Crippen LogP) is 34.0. The molecule has 0 N–H and O–H groups in total. The number of aromatic nitrogens is 2. The van der Waals surface area contributed by atoms with E-state index in [0.717, 1.165) is 45.5 Å². The molecule has 22 aromatic carbocycles. The summed E-state index contributed by atoms with van der Waals surface area (Å²) in [5.41, 5.74) is 31.1. The highest BCUT2D eigenvalue weighted by molar-refractivity contribution is 6.26. The summed E-state index contributed by atoms with van der Waals surface area (Å²) >= 11 is 0. The summed E-state index contributed by atoms with van der Waals surface area (Å²) in [6.07, 6.45) is 0. The number of benzene rings is 22. The number of aryl methyl sites for hydroxylation is 2. The van der Waals surface area contributed by atoms with Gasteiger partial charge in [-0.2, -0.15) is 0 Å². The molecule has 24 aromatic rings. The lowest BCUT2D eigenvalue weighted by molar-refractivity contribution is 1.17. The summed E-state index contributed by atoms with van der Waals surface area (Å²) in [7, 11) is 0. The number of hydrogen-bond acceptors (Lipinski definition) is 2. The van der Waals surface area contributed by atoms with Crippen LogP contribution < -0.4 is 9.80 Å². The third-order valence-corrected chi connectivity index (χ3v) is 25.7. The molecule has 2 aromatic heterocycles. The molecule has 0 aliphatic heterocycles. The Morgan fingerprint density at radius 2 is 0.397 bits per heavy atom. The van der Waals surface area contributed by atoms with Crippen molar-refractivity contribution in [2.24, 2.45) is 0 Å². The van der Waals surface area contributed by atoms with Crippen molar-refractivity contribution in [2.45, 2.75) is 13.8 Å². The van der Waals surface area contributed by atoms with Crippen LogP contribution in [0.2, 0.25) is 0 Å². The minimum atomic E-state index is 1.10. The van der Waals surface area contributed by atoms with Crippen molar-refractivity contribution in [3.63, 3.8) is 0 Å². The Labute approximate surface area is 732 Å². The minimum Gasteiger partial charge on any atom is -0.311 e. The molecule has 0 radical (unpaired) electrons. The maximum atomic E-state index is 2.37. The average Bonchev–Trinajstić information content (AvgIpc) is 1.36. The molecule has 4 nitrogen and oxygen atoms in total. The third kappa shape index (κ3) is 13.1. The minimum absolute atomic E-state index is 1.10. The average molecular weight is 1610 g/mol. The zero-order valence-corrected chi connectivity index (χ0v) is 69.8. The molecule has 126 heavy (non-hydrogen) atoms. The first-order chi connectivity index (χ1) is 62.3. The zero-order valence-electron chi connectivity index (χ0n) is 69.8. The van der Waals surface area contributed by atoms with E-state index in [1.807, 2.05) is 0 Å². The van der Waals surface area contributed by atoms with Gasteiger partial charge in [0.25, 0.3) is 0 Å². The molecule has 0 fully saturated rings. The summed E-state index contributed by atoms with van der Waals surface area (Å²) in [4.78, 5) is 4.67. The molecule has 2 heterocycles. The van der Waals surface area contributed by atoms with Crippen molar-refractivity contribution < 1.29 is 0 Å². The van der Waals surface area contributed by atoms with Crippen LogP contribution in [-0.4, -0.2) is 9.13 Å². The maximum Gasteiger partial charge on any atom is 0.0541 e. The monoisotopic (exact) mass is 1600 g/mol. The van der Waals surface area contributed by atoms with Gasteiger partial charge in [0, 0.05) is 67.0 Å². The van der Waals surface area contributed by atoms with E-state index in [1.165, 1.54) is 186 Å². The summed E-state index contributed by atoms with van der Waals surface area (Å²) < 4.78 is 4.74. The number of anilines is 6. The van der Waals surface area contributed by atoms with Gasteiger partial charge in [-0.15, -0.1) is 0 Å². The van der Waals surface area contributed by atoms with E-state index in [1.54, 1.807) is 0 Å². The molecule has 0 aliphatic carbocycles. The van der Waals surface area contributed by atoms with Crippen LogP contribution in [0.1, 0.15) is 11.1 Å².